The van der Waals surface area contributed by atoms with E-state index in [-0.39, 0.29) is 31.7 Å². The number of hydrogen-bond donors (Lipinski definition) is 0. The summed E-state index contributed by atoms with van der Waals surface area (Å²) in [4.78, 5) is 12.1. The molecule has 0 saturated carbocycles. The fourth-order valence-corrected chi connectivity index (χ4v) is 2.64. The first kappa shape index (κ1) is 12.1. The highest BCUT2D eigenvalue weighted by Crippen LogP contribution is 2.42. The van der Waals surface area contributed by atoms with E-state index in [9.17, 15) is 18.9 Å². The first-order valence-electron chi connectivity index (χ1n) is 6.02. The first-order chi connectivity index (χ1) is 8.96. The summed E-state index contributed by atoms with van der Waals surface area (Å²) in [5.74, 6) is -2.16. The molecule has 0 N–H and O–H groups in total. The van der Waals surface area contributed by atoms with Crippen LogP contribution < -0.4 is 9.64 Å². The lowest BCUT2D eigenvalue weighted by atomic mass is 9.96. The summed E-state index contributed by atoms with van der Waals surface area (Å²) in [7, 11) is 0. The number of non-ortho nitro benzene ring substituents is 1. The number of alkyl halides is 2. The largest absolute Gasteiger partial charge is 0.489 e. The van der Waals surface area contributed by atoms with Gasteiger partial charge in [-0.25, -0.2) is 8.78 Å². The molecule has 19 heavy (non-hydrogen) atoms. The Balaban J connectivity index is 1.96. The number of piperidine rings is 1. The standard InChI is InChI=1S/C12H12F2N2O3/c13-12(14)3-4-15-9(6-12)7-19-11-2-1-8(16(17)18)5-10(11)15/h1-2,5,9H,3-4,6-7H2. The molecule has 1 saturated heterocycles. The Morgan fingerprint density at radius 3 is 3.00 bits per heavy atom. The van der Waals surface area contributed by atoms with Crippen molar-refractivity contribution >= 4 is 11.4 Å². The van der Waals surface area contributed by atoms with Gasteiger partial charge in [0.1, 0.15) is 12.4 Å². The molecule has 102 valence electrons. The maximum Gasteiger partial charge on any atom is 0.271 e. The molecule has 3 rings (SSSR count). The van der Waals surface area contributed by atoms with E-state index >= 15 is 0 Å². The number of fused-ring (bicyclic) bond motifs is 3. The van der Waals surface area contributed by atoms with E-state index in [0.717, 1.165) is 0 Å². The maximum absolute atomic E-state index is 13.4. The van der Waals surface area contributed by atoms with E-state index in [1.54, 1.807) is 4.90 Å². The molecule has 1 aromatic carbocycles. The van der Waals surface area contributed by atoms with Crippen LogP contribution in [0.15, 0.2) is 18.2 Å². The zero-order valence-corrected chi connectivity index (χ0v) is 10.0. The van der Waals surface area contributed by atoms with Crippen molar-refractivity contribution < 1.29 is 18.4 Å². The number of hydrogen-bond acceptors (Lipinski definition) is 4. The molecule has 0 amide bonds. The van der Waals surface area contributed by atoms with Crippen LogP contribution in [0.3, 0.4) is 0 Å². The summed E-state index contributed by atoms with van der Waals surface area (Å²) in [6.45, 7) is 0.385. The van der Waals surface area contributed by atoms with Gasteiger partial charge in [0, 0.05) is 31.5 Å². The molecule has 1 aromatic rings. The zero-order valence-electron chi connectivity index (χ0n) is 10.0. The van der Waals surface area contributed by atoms with Crippen LogP contribution in [0.1, 0.15) is 12.8 Å². The summed E-state index contributed by atoms with van der Waals surface area (Å²) in [6, 6.07) is 3.86. The second kappa shape index (κ2) is 4.04. The van der Waals surface area contributed by atoms with Crippen molar-refractivity contribution in [2.24, 2.45) is 0 Å². The Hall–Kier alpha value is -1.92. The third-order valence-corrected chi connectivity index (χ3v) is 3.59. The Morgan fingerprint density at radius 2 is 2.26 bits per heavy atom. The molecule has 2 aliphatic heterocycles. The number of rotatable bonds is 1. The van der Waals surface area contributed by atoms with Crippen molar-refractivity contribution in [1.29, 1.82) is 0 Å². The molecule has 5 nitrogen and oxygen atoms in total. The second-order valence-electron chi connectivity index (χ2n) is 4.88. The lowest BCUT2D eigenvalue weighted by Gasteiger charge is -2.43. The fraction of sp³-hybridized carbons (Fsp3) is 0.500. The van der Waals surface area contributed by atoms with Crippen molar-refractivity contribution in [3.8, 4) is 5.75 Å². The minimum atomic E-state index is -2.68. The van der Waals surface area contributed by atoms with E-state index in [2.05, 4.69) is 0 Å². The number of nitro groups is 1. The van der Waals surface area contributed by atoms with Crippen molar-refractivity contribution in [2.45, 2.75) is 24.8 Å². The second-order valence-corrected chi connectivity index (χ2v) is 4.88. The van der Waals surface area contributed by atoms with Gasteiger partial charge in [-0.1, -0.05) is 0 Å². The molecular formula is C12H12F2N2O3. The van der Waals surface area contributed by atoms with Gasteiger partial charge in [0.05, 0.1) is 16.7 Å². The number of halogens is 2. The Labute approximate surface area is 107 Å². The predicted molar refractivity (Wildman–Crippen MR) is 63.9 cm³/mol. The van der Waals surface area contributed by atoms with Gasteiger partial charge in [0.25, 0.3) is 11.6 Å². The van der Waals surface area contributed by atoms with Gasteiger partial charge in [0.15, 0.2) is 0 Å². The van der Waals surface area contributed by atoms with Crippen LogP contribution in [0.5, 0.6) is 5.75 Å². The molecule has 1 atom stereocenters. The fourth-order valence-electron chi connectivity index (χ4n) is 2.64. The molecule has 7 heteroatoms. The van der Waals surface area contributed by atoms with Crippen molar-refractivity contribution in [2.75, 3.05) is 18.1 Å². The van der Waals surface area contributed by atoms with Crippen LogP contribution in [0.25, 0.3) is 0 Å². The first-order valence-corrected chi connectivity index (χ1v) is 6.02. The number of anilines is 1. The summed E-state index contributed by atoms with van der Waals surface area (Å²) in [6.07, 6.45) is -0.499. The van der Waals surface area contributed by atoms with Crippen LogP contribution in [0.2, 0.25) is 0 Å². The highest BCUT2D eigenvalue weighted by Gasteiger charge is 2.43. The molecule has 1 unspecified atom stereocenters. The zero-order chi connectivity index (χ0) is 13.6. The lowest BCUT2D eigenvalue weighted by Crippen LogP contribution is -2.51. The molecule has 2 heterocycles. The van der Waals surface area contributed by atoms with Gasteiger partial charge in [0.2, 0.25) is 0 Å². The number of nitrogens with zero attached hydrogens (tertiary/aromatic N) is 2. The van der Waals surface area contributed by atoms with Gasteiger partial charge in [-0.3, -0.25) is 10.1 Å². The number of ether oxygens (including phenoxy) is 1. The van der Waals surface area contributed by atoms with Crippen molar-refractivity contribution in [1.82, 2.24) is 0 Å². The minimum absolute atomic E-state index is 0.0552. The molecular weight excluding hydrogens is 258 g/mol. The molecule has 0 bridgehead atoms. The smallest absolute Gasteiger partial charge is 0.271 e. The molecule has 2 aliphatic rings. The minimum Gasteiger partial charge on any atom is -0.489 e. The summed E-state index contributed by atoms with van der Waals surface area (Å²) in [5, 5.41) is 10.8. The highest BCUT2D eigenvalue weighted by atomic mass is 19.3. The van der Waals surface area contributed by atoms with E-state index in [1.165, 1.54) is 18.2 Å². The third-order valence-electron chi connectivity index (χ3n) is 3.59. The van der Waals surface area contributed by atoms with Crippen LogP contribution in [-0.4, -0.2) is 30.0 Å². The molecule has 0 aromatic heterocycles. The number of benzene rings is 1. The summed E-state index contributed by atoms with van der Waals surface area (Å²) in [5.41, 5.74) is 0.487. The topological polar surface area (TPSA) is 55.6 Å². The highest BCUT2D eigenvalue weighted by molar-refractivity contribution is 5.65. The Kier molecular flexibility index (Phi) is 2.58. The van der Waals surface area contributed by atoms with Crippen LogP contribution >= 0.6 is 0 Å². The molecule has 0 spiro atoms. The van der Waals surface area contributed by atoms with Gasteiger partial charge in [-0.05, 0) is 6.07 Å². The predicted octanol–water partition coefficient (Wildman–Crippen LogP) is 2.59. The quantitative estimate of drug-likeness (QED) is 0.581. The van der Waals surface area contributed by atoms with Crippen LogP contribution in [0.4, 0.5) is 20.2 Å². The number of nitro benzene ring substituents is 1. The van der Waals surface area contributed by atoms with Gasteiger partial charge in [-0.2, -0.15) is 0 Å². The van der Waals surface area contributed by atoms with Gasteiger partial charge < -0.3 is 9.64 Å². The van der Waals surface area contributed by atoms with Crippen LogP contribution in [-0.2, 0) is 0 Å². The summed E-state index contributed by atoms with van der Waals surface area (Å²) < 4.78 is 32.2. The molecule has 0 radical (unpaired) electrons. The van der Waals surface area contributed by atoms with E-state index < -0.39 is 16.9 Å². The van der Waals surface area contributed by atoms with E-state index in [1.807, 2.05) is 0 Å². The lowest BCUT2D eigenvalue weighted by molar-refractivity contribution is -0.384. The van der Waals surface area contributed by atoms with E-state index in [4.69, 9.17) is 4.74 Å². The van der Waals surface area contributed by atoms with Crippen molar-refractivity contribution in [3.63, 3.8) is 0 Å². The average molecular weight is 270 g/mol. The SMILES string of the molecule is O=[N+]([O-])c1ccc2c(c1)N1CCC(F)(F)CC1CO2. The Bertz CT molecular complexity index is 536. The van der Waals surface area contributed by atoms with Crippen LogP contribution in [0, 0.1) is 10.1 Å². The van der Waals surface area contributed by atoms with Crippen molar-refractivity contribution in [3.05, 3.63) is 28.3 Å². The average Bonchev–Trinajstić information content (AvgIpc) is 2.36. The molecule has 1 fully saturated rings. The maximum atomic E-state index is 13.4. The van der Waals surface area contributed by atoms with Gasteiger partial charge >= 0.3 is 0 Å². The third kappa shape index (κ3) is 2.09. The molecule has 0 aliphatic carbocycles. The Morgan fingerprint density at radius 1 is 1.47 bits per heavy atom. The van der Waals surface area contributed by atoms with Gasteiger partial charge in [-0.15, -0.1) is 0 Å². The van der Waals surface area contributed by atoms with E-state index in [0.29, 0.717) is 11.4 Å². The normalized spacial score (nSPS) is 24.1. The summed E-state index contributed by atoms with van der Waals surface area (Å²) >= 11 is 0. The monoisotopic (exact) mass is 270 g/mol.